The predicted octanol–water partition coefficient (Wildman–Crippen LogP) is 4.04. The van der Waals surface area contributed by atoms with Crippen molar-refractivity contribution in [1.82, 2.24) is 0 Å². The van der Waals surface area contributed by atoms with Crippen LogP contribution < -0.4 is 9.04 Å². The van der Waals surface area contributed by atoms with Crippen LogP contribution in [0.1, 0.15) is 5.56 Å². The third-order valence-corrected chi connectivity index (χ3v) is 6.29. The lowest BCUT2D eigenvalue weighted by molar-refractivity contribution is -0.387. The molecular weight excluding hydrogens is 392 g/mol. The number of anilines is 1. The summed E-state index contributed by atoms with van der Waals surface area (Å²) in [6.45, 7) is 0.0960. The molecule has 3 aromatic rings. The molecule has 3 rings (SSSR count). The van der Waals surface area contributed by atoms with Crippen molar-refractivity contribution < 1.29 is 18.1 Å². The van der Waals surface area contributed by atoms with Crippen LogP contribution in [0, 0.1) is 10.1 Å². The Labute approximate surface area is 169 Å². The van der Waals surface area contributed by atoms with Crippen LogP contribution in [0.2, 0.25) is 0 Å². The zero-order chi connectivity index (χ0) is 20.9. The van der Waals surface area contributed by atoms with E-state index in [2.05, 4.69) is 0 Å². The topological polar surface area (TPSA) is 89.8 Å². The van der Waals surface area contributed by atoms with Crippen molar-refractivity contribution in [3.05, 3.63) is 94.5 Å². The Morgan fingerprint density at radius 3 is 2.24 bits per heavy atom. The van der Waals surface area contributed by atoms with Gasteiger partial charge >= 0.3 is 0 Å². The summed E-state index contributed by atoms with van der Waals surface area (Å²) < 4.78 is 33.5. The molecule has 8 heteroatoms. The van der Waals surface area contributed by atoms with Crippen LogP contribution in [-0.2, 0) is 16.4 Å². The number of nitro benzene ring substituents is 1. The van der Waals surface area contributed by atoms with Gasteiger partial charge in [0.05, 0.1) is 17.7 Å². The molecule has 0 aliphatic rings. The molecule has 150 valence electrons. The fourth-order valence-corrected chi connectivity index (χ4v) is 4.66. The van der Waals surface area contributed by atoms with E-state index in [1.165, 1.54) is 35.7 Å². The number of nitro groups is 1. The number of hydrogen-bond acceptors (Lipinski definition) is 5. The van der Waals surface area contributed by atoms with Gasteiger partial charge in [-0.1, -0.05) is 54.6 Å². The Kier molecular flexibility index (Phi) is 6.13. The maximum absolute atomic E-state index is 13.5. The van der Waals surface area contributed by atoms with Gasteiger partial charge in [0.2, 0.25) is 0 Å². The Bertz CT molecular complexity index is 1100. The lowest BCUT2D eigenvalue weighted by Crippen LogP contribution is -2.33. The van der Waals surface area contributed by atoms with Gasteiger partial charge in [0.15, 0.2) is 4.90 Å². The van der Waals surface area contributed by atoms with E-state index in [-0.39, 0.29) is 11.4 Å². The highest BCUT2D eigenvalue weighted by atomic mass is 32.2. The monoisotopic (exact) mass is 412 g/mol. The summed E-state index contributed by atoms with van der Waals surface area (Å²) in [6, 6.07) is 21.5. The van der Waals surface area contributed by atoms with Gasteiger partial charge in [-0.2, -0.15) is 0 Å². The van der Waals surface area contributed by atoms with Crippen LogP contribution in [0.25, 0.3) is 0 Å². The zero-order valence-corrected chi connectivity index (χ0v) is 16.6. The minimum Gasteiger partial charge on any atom is -0.495 e. The summed E-state index contributed by atoms with van der Waals surface area (Å²) in [4.78, 5) is 10.4. The molecule has 0 spiro atoms. The highest BCUT2D eigenvalue weighted by Gasteiger charge is 2.32. The first-order chi connectivity index (χ1) is 13.9. The van der Waals surface area contributed by atoms with Crippen molar-refractivity contribution in [2.45, 2.75) is 11.3 Å². The third kappa shape index (κ3) is 4.38. The molecule has 0 aliphatic heterocycles. The third-order valence-electron chi connectivity index (χ3n) is 4.43. The molecule has 0 unspecified atom stereocenters. The summed E-state index contributed by atoms with van der Waals surface area (Å²) in [7, 11) is -2.77. The molecule has 0 amide bonds. The van der Waals surface area contributed by atoms with Gasteiger partial charge in [-0.25, -0.2) is 8.42 Å². The second-order valence-electron chi connectivity index (χ2n) is 6.21. The van der Waals surface area contributed by atoms with Gasteiger partial charge in [0, 0.05) is 12.6 Å². The number of ether oxygens (including phenoxy) is 1. The Morgan fingerprint density at radius 2 is 1.55 bits per heavy atom. The first-order valence-corrected chi connectivity index (χ1v) is 10.3. The number of rotatable bonds is 8. The fourth-order valence-electron chi connectivity index (χ4n) is 3.03. The second kappa shape index (κ2) is 8.74. The molecule has 0 aromatic heterocycles. The van der Waals surface area contributed by atoms with Crippen molar-refractivity contribution in [2.75, 3.05) is 18.0 Å². The van der Waals surface area contributed by atoms with Gasteiger partial charge < -0.3 is 4.74 Å². The number of hydrogen-bond donors (Lipinski definition) is 0. The molecule has 0 bridgehead atoms. The molecule has 0 radical (unpaired) electrons. The van der Waals surface area contributed by atoms with E-state index in [1.54, 1.807) is 24.3 Å². The van der Waals surface area contributed by atoms with Crippen molar-refractivity contribution in [3.8, 4) is 5.75 Å². The van der Waals surface area contributed by atoms with Crippen molar-refractivity contribution in [3.63, 3.8) is 0 Å². The minimum atomic E-state index is -4.22. The van der Waals surface area contributed by atoms with Crippen LogP contribution >= 0.6 is 0 Å². The predicted molar refractivity (Wildman–Crippen MR) is 111 cm³/mol. The lowest BCUT2D eigenvalue weighted by Gasteiger charge is -2.26. The highest BCUT2D eigenvalue weighted by molar-refractivity contribution is 7.93. The van der Waals surface area contributed by atoms with E-state index >= 15 is 0 Å². The molecule has 0 saturated heterocycles. The number of nitrogens with zero attached hydrogens (tertiary/aromatic N) is 2. The summed E-state index contributed by atoms with van der Waals surface area (Å²) in [5.74, 6) is 0.364. The van der Waals surface area contributed by atoms with Gasteiger partial charge in [-0.15, -0.1) is 0 Å². The number of methoxy groups -OCH3 is 1. The number of benzene rings is 3. The average molecular weight is 412 g/mol. The maximum Gasteiger partial charge on any atom is 0.289 e. The molecule has 0 atom stereocenters. The molecule has 0 aliphatic carbocycles. The van der Waals surface area contributed by atoms with Crippen molar-refractivity contribution in [1.29, 1.82) is 0 Å². The average Bonchev–Trinajstić information content (AvgIpc) is 2.74. The first kappa shape index (κ1) is 20.3. The second-order valence-corrected chi connectivity index (χ2v) is 8.04. The SMILES string of the molecule is COc1ccccc1N(CCc1ccccc1)S(=O)(=O)c1ccccc1[N+](=O)[O-]. The standard InChI is InChI=1S/C21H20N2O5S/c1-28-20-13-7-5-11-18(20)22(16-15-17-9-3-2-4-10-17)29(26,27)21-14-8-6-12-19(21)23(24)25/h2-14H,15-16H2,1H3. The molecule has 3 aromatic carbocycles. The minimum absolute atomic E-state index is 0.0960. The van der Waals surface area contributed by atoms with Crippen LogP contribution in [0.3, 0.4) is 0 Å². The number of sulfonamides is 1. The molecule has 0 fully saturated rings. The number of para-hydroxylation sites is 3. The first-order valence-electron chi connectivity index (χ1n) is 8.88. The van der Waals surface area contributed by atoms with Crippen LogP contribution in [0.5, 0.6) is 5.75 Å². The molecule has 29 heavy (non-hydrogen) atoms. The summed E-state index contributed by atoms with van der Waals surface area (Å²) >= 11 is 0. The summed E-state index contributed by atoms with van der Waals surface area (Å²) in [6.07, 6.45) is 0.429. The fraction of sp³-hybridized carbons (Fsp3) is 0.143. The smallest absolute Gasteiger partial charge is 0.289 e. The molecule has 0 heterocycles. The van der Waals surface area contributed by atoms with Gasteiger partial charge in [-0.3, -0.25) is 14.4 Å². The maximum atomic E-state index is 13.5. The Balaban J connectivity index is 2.10. The molecular formula is C21H20N2O5S. The Hall–Kier alpha value is -3.39. The van der Waals surface area contributed by atoms with E-state index in [0.717, 1.165) is 5.56 Å². The van der Waals surface area contributed by atoms with Crippen molar-refractivity contribution in [2.24, 2.45) is 0 Å². The molecule has 0 saturated carbocycles. The van der Waals surface area contributed by atoms with E-state index in [1.807, 2.05) is 30.3 Å². The van der Waals surface area contributed by atoms with Gasteiger partial charge in [0.1, 0.15) is 5.75 Å². The van der Waals surface area contributed by atoms with Gasteiger partial charge in [0.25, 0.3) is 15.7 Å². The van der Waals surface area contributed by atoms with E-state index < -0.39 is 20.6 Å². The lowest BCUT2D eigenvalue weighted by atomic mass is 10.1. The molecule has 7 nitrogen and oxygen atoms in total. The summed E-state index contributed by atoms with van der Waals surface area (Å²) in [5, 5.41) is 11.4. The van der Waals surface area contributed by atoms with Crippen molar-refractivity contribution >= 4 is 21.4 Å². The van der Waals surface area contributed by atoms with Crippen LogP contribution in [0.4, 0.5) is 11.4 Å². The van der Waals surface area contributed by atoms with Gasteiger partial charge in [-0.05, 0) is 30.2 Å². The quantitative estimate of drug-likeness (QED) is 0.411. The van der Waals surface area contributed by atoms with Crippen LogP contribution in [-0.4, -0.2) is 27.0 Å². The Morgan fingerprint density at radius 1 is 0.931 bits per heavy atom. The van der Waals surface area contributed by atoms with E-state index in [9.17, 15) is 18.5 Å². The van der Waals surface area contributed by atoms with E-state index in [4.69, 9.17) is 4.74 Å². The van der Waals surface area contributed by atoms with E-state index in [0.29, 0.717) is 17.9 Å². The zero-order valence-electron chi connectivity index (χ0n) is 15.8. The largest absolute Gasteiger partial charge is 0.495 e. The van der Waals surface area contributed by atoms with Crippen LogP contribution in [0.15, 0.2) is 83.8 Å². The molecule has 0 N–H and O–H groups in total. The highest BCUT2D eigenvalue weighted by Crippen LogP contribution is 2.35. The normalized spacial score (nSPS) is 11.1. The summed E-state index contributed by atoms with van der Waals surface area (Å²) in [5.41, 5.74) is 0.807.